The van der Waals surface area contributed by atoms with Crippen molar-refractivity contribution in [3.63, 3.8) is 0 Å². The van der Waals surface area contributed by atoms with E-state index in [1.54, 1.807) is 0 Å². The molecule has 1 N–H and O–H groups in total. The van der Waals surface area contributed by atoms with Crippen LogP contribution in [0.15, 0.2) is 35.1 Å². The van der Waals surface area contributed by atoms with Crippen LogP contribution in [0.5, 0.6) is 5.75 Å². The van der Waals surface area contributed by atoms with E-state index < -0.39 is 0 Å². The summed E-state index contributed by atoms with van der Waals surface area (Å²) in [4.78, 5) is 4.03. The van der Waals surface area contributed by atoms with Crippen LogP contribution in [0.3, 0.4) is 0 Å². The Labute approximate surface area is 118 Å². The summed E-state index contributed by atoms with van der Waals surface area (Å²) in [5.41, 5.74) is 1.06. The lowest BCUT2D eigenvalue weighted by atomic mass is 9.89. The molecular weight excluding hydrogens is 254 g/mol. The molecule has 20 heavy (non-hydrogen) atoms. The lowest BCUT2D eigenvalue weighted by molar-refractivity contribution is 0.0661. The minimum atomic E-state index is -0.156. The van der Waals surface area contributed by atoms with Crippen LogP contribution >= 0.6 is 0 Å². The zero-order chi connectivity index (χ0) is 14.0. The van der Waals surface area contributed by atoms with Gasteiger partial charge in [0.15, 0.2) is 6.33 Å². The van der Waals surface area contributed by atoms with Crippen LogP contribution in [0.4, 0.5) is 0 Å². The van der Waals surface area contributed by atoms with Crippen molar-refractivity contribution in [1.82, 2.24) is 15.5 Å². The summed E-state index contributed by atoms with van der Waals surface area (Å²) in [6.07, 6.45) is 3.11. The van der Waals surface area contributed by atoms with Crippen molar-refractivity contribution in [2.24, 2.45) is 0 Å². The van der Waals surface area contributed by atoms with Crippen LogP contribution in [0.2, 0.25) is 0 Å². The summed E-state index contributed by atoms with van der Waals surface area (Å²) in [6.45, 7) is 5.04. The van der Waals surface area contributed by atoms with Crippen LogP contribution in [-0.4, -0.2) is 22.3 Å². The molecule has 0 spiro atoms. The van der Waals surface area contributed by atoms with Crippen molar-refractivity contribution < 1.29 is 9.26 Å². The van der Waals surface area contributed by atoms with Crippen molar-refractivity contribution >= 4 is 0 Å². The lowest BCUT2D eigenvalue weighted by Crippen LogP contribution is -2.40. The monoisotopic (exact) mass is 273 g/mol. The van der Waals surface area contributed by atoms with Crippen LogP contribution in [0, 0.1) is 0 Å². The summed E-state index contributed by atoms with van der Waals surface area (Å²) in [5, 5.41) is 7.18. The zero-order valence-corrected chi connectivity index (χ0v) is 11.8. The molecule has 5 nitrogen and oxygen atoms in total. The first-order valence-corrected chi connectivity index (χ1v) is 6.91. The maximum Gasteiger partial charge on any atom is 0.227 e. The summed E-state index contributed by atoms with van der Waals surface area (Å²) in [5.74, 6) is 1.64. The predicted octanol–water partition coefficient (Wildman–Crippen LogP) is 2.50. The third-order valence-corrected chi connectivity index (χ3v) is 3.51. The normalized spacial score (nSPS) is 20.2. The fraction of sp³-hybridized carbons (Fsp3) is 0.467. The molecule has 0 saturated carbocycles. The highest BCUT2D eigenvalue weighted by Crippen LogP contribution is 2.39. The molecule has 1 aromatic heterocycles. The van der Waals surface area contributed by atoms with Gasteiger partial charge in [-0.05, 0) is 19.9 Å². The summed E-state index contributed by atoms with van der Waals surface area (Å²) in [6, 6.07) is 8.50. The Morgan fingerprint density at radius 1 is 1.35 bits per heavy atom. The molecule has 2 heterocycles. The van der Waals surface area contributed by atoms with Gasteiger partial charge in [0, 0.05) is 31.0 Å². The van der Waals surface area contributed by atoms with E-state index >= 15 is 0 Å². The molecular formula is C15H19N3O2. The topological polar surface area (TPSA) is 60.2 Å². The molecule has 1 atom stereocenters. The van der Waals surface area contributed by atoms with E-state index in [9.17, 15) is 0 Å². The van der Waals surface area contributed by atoms with E-state index in [2.05, 4.69) is 35.4 Å². The maximum absolute atomic E-state index is 6.02. The molecule has 0 radical (unpaired) electrons. The molecule has 106 valence electrons. The van der Waals surface area contributed by atoms with Crippen molar-refractivity contribution in [2.75, 3.05) is 6.54 Å². The van der Waals surface area contributed by atoms with Gasteiger partial charge >= 0.3 is 0 Å². The highest BCUT2D eigenvalue weighted by atomic mass is 16.5. The van der Waals surface area contributed by atoms with E-state index in [-0.39, 0.29) is 11.6 Å². The second-order valence-electron chi connectivity index (χ2n) is 5.70. The number of hydrogen-bond donors (Lipinski definition) is 1. The molecule has 5 heteroatoms. The quantitative estimate of drug-likeness (QED) is 0.927. The molecule has 1 unspecified atom stereocenters. The molecule has 1 aromatic carbocycles. The minimum absolute atomic E-state index is 0.156. The number of benzene rings is 1. The number of ether oxygens (including phenoxy) is 1. The second-order valence-corrected chi connectivity index (χ2v) is 5.70. The Morgan fingerprint density at radius 3 is 3.00 bits per heavy atom. The SMILES string of the molecule is CC1(C)CC(NCCc2ncno2)c2ccccc2O1. The summed E-state index contributed by atoms with van der Waals surface area (Å²) >= 11 is 0. The zero-order valence-electron chi connectivity index (χ0n) is 11.8. The van der Waals surface area contributed by atoms with E-state index in [0.717, 1.165) is 25.1 Å². The standard InChI is InChI=1S/C15H19N3O2/c1-15(2)9-12(11-5-3-4-6-13(11)19-15)16-8-7-14-17-10-18-20-14/h3-6,10,12,16H,7-9H2,1-2H3. The number of nitrogens with one attached hydrogen (secondary N) is 1. The molecule has 0 bridgehead atoms. The fourth-order valence-corrected chi connectivity index (χ4v) is 2.64. The van der Waals surface area contributed by atoms with E-state index in [1.807, 2.05) is 18.2 Å². The van der Waals surface area contributed by atoms with Gasteiger partial charge in [-0.1, -0.05) is 23.4 Å². The minimum Gasteiger partial charge on any atom is -0.487 e. The third kappa shape index (κ3) is 2.82. The number of rotatable bonds is 4. The lowest BCUT2D eigenvalue weighted by Gasteiger charge is -2.38. The van der Waals surface area contributed by atoms with Gasteiger partial charge < -0.3 is 14.6 Å². The largest absolute Gasteiger partial charge is 0.487 e. The molecule has 3 rings (SSSR count). The Hall–Kier alpha value is -1.88. The molecule has 0 amide bonds. The molecule has 1 aliphatic rings. The first kappa shape index (κ1) is 13.1. The van der Waals surface area contributed by atoms with Gasteiger partial charge in [-0.2, -0.15) is 4.98 Å². The second kappa shape index (κ2) is 5.25. The van der Waals surface area contributed by atoms with Crippen LogP contribution < -0.4 is 10.1 Å². The van der Waals surface area contributed by atoms with Crippen molar-refractivity contribution in [2.45, 2.75) is 38.3 Å². The Kier molecular flexibility index (Phi) is 3.44. The van der Waals surface area contributed by atoms with Gasteiger partial charge in [-0.3, -0.25) is 0 Å². The van der Waals surface area contributed by atoms with Crippen molar-refractivity contribution in [1.29, 1.82) is 0 Å². The Morgan fingerprint density at radius 2 is 2.20 bits per heavy atom. The summed E-state index contributed by atoms with van der Waals surface area (Å²) < 4.78 is 11.0. The van der Waals surface area contributed by atoms with Gasteiger partial charge in [0.2, 0.25) is 5.89 Å². The first-order chi connectivity index (χ1) is 9.64. The van der Waals surface area contributed by atoms with Crippen molar-refractivity contribution in [3.8, 4) is 5.75 Å². The number of fused-ring (bicyclic) bond motifs is 1. The van der Waals surface area contributed by atoms with Crippen LogP contribution in [0.25, 0.3) is 0 Å². The molecule has 0 aliphatic carbocycles. The third-order valence-electron chi connectivity index (χ3n) is 3.51. The van der Waals surface area contributed by atoms with Gasteiger partial charge in [-0.25, -0.2) is 0 Å². The van der Waals surface area contributed by atoms with Gasteiger partial charge in [0.05, 0.1) is 0 Å². The maximum atomic E-state index is 6.02. The van der Waals surface area contributed by atoms with Crippen LogP contribution in [-0.2, 0) is 6.42 Å². The number of aromatic nitrogens is 2. The fourth-order valence-electron chi connectivity index (χ4n) is 2.64. The molecule has 1 aliphatic heterocycles. The summed E-state index contributed by atoms with van der Waals surface area (Å²) in [7, 11) is 0. The average Bonchev–Trinajstić information content (AvgIpc) is 2.90. The van der Waals surface area contributed by atoms with Gasteiger partial charge in [0.25, 0.3) is 0 Å². The smallest absolute Gasteiger partial charge is 0.227 e. The predicted molar refractivity (Wildman–Crippen MR) is 74.5 cm³/mol. The highest BCUT2D eigenvalue weighted by Gasteiger charge is 2.33. The van der Waals surface area contributed by atoms with Crippen molar-refractivity contribution in [3.05, 3.63) is 42.0 Å². The number of hydrogen-bond acceptors (Lipinski definition) is 5. The Balaban J connectivity index is 1.69. The van der Waals surface area contributed by atoms with Gasteiger partial charge in [0.1, 0.15) is 11.4 Å². The van der Waals surface area contributed by atoms with E-state index in [1.165, 1.54) is 11.9 Å². The number of para-hydroxylation sites is 1. The van der Waals surface area contributed by atoms with E-state index in [4.69, 9.17) is 9.26 Å². The highest BCUT2D eigenvalue weighted by molar-refractivity contribution is 5.38. The van der Waals surface area contributed by atoms with Gasteiger partial charge in [-0.15, -0.1) is 0 Å². The molecule has 0 fully saturated rings. The average molecular weight is 273 g/mol. The van der Waals surface area contributed by atoms with E-state index in [0.29, 0.717) is 5.89 Å². The molecule has 0 saturated heterocycles. The number of nitrogens with zero attached hydrogens (tertiary/aromatic N) is 2. The molecule has 2 aromatic rings. The van der Waals surface area contributed by atoms with Crippen LogP contribution in [0.1, 0.15) is 37.8 Å². The Bertz CT molecular complexity index is 566. The first-order valence-electron chi connectivity index (χ1n) is 6.91.